The smallest absolute Gasteiger partial charge is 0.249 e. The molecule has 0 aromatic heterocycles. The van der Waals surface area contributed by atoms with Crippen LogP contribution in [-0.4, -0.2) is 17.9 Å². The molecule has 0 aliphatic heterocycles. The van der Waals surface area contributed by atoms with Crippen molar-refractivity contribution in [3.63, 3.8) is 0 Å². The van der Waals surface area contributed by atoms with E-state index in [2.05, 4.69) is 24.3 Å². The van der Waals surface area contributed by atoms with Crippen molar-refractivity contribution in [2.24, 2.45) is 0 Å². The second-order valence-corrected chi connectivity index (χ2v) is 4.77. The van der Waals surface area contributed by atoms with Crippen LogP contribution in [0, 0.1) is 0 Å². The SMILES string of the molecule is C/C=C(/C)C(=O)N(C)Cc1cccc2ccccc12. The molecule has 0 saturated heterocycles. The lowest BCUT2D eigenvalue weighted by Crippen LogP contribution is -2.26. The summed E-state index contributed by atoms with van der Waals surface area (Å²) >= 11 is 0. The van der Waals surface area contributed by atoms with Crippen LogP contribution >= 0.6 is 0 Å². The Balaban J connectivity index is 2.29. The first-order chi connectivity index (χ1) is 9.13. The molecule has 0 spiro atoms. The lowest BCUT2D eigenvalue weighted by Gasteiger charge is -2.18. The molecule has 0 fully saturated rings. The van der Waals surface area contributed by atoms with Crippen LogP contribution < -0.4 is 0 Å². The summed E-state index contributed by atoms with van der Waals surface area (Å²) in [7, 11) is 1.84. The molecule has 2 aromatic rings. The normalized spacial score (nSPS) is 11.6. The summed E-state index contributed by atoms with van der Waals surface area (Å²) in [6.45, 7) is 4.37. The topological polar surface area (TPSA) is 20.3 Å². The summed E-state index contributed by atoms with van der Waals surface area (Å²) in [5.41, 5.74) is 1.96. The van der Waals surface area contributed by atoms with Crippen molar-refractivity contribution in [3.8, 4) is 0 Å². The molecule has 19 heavy (non-hydrogen) atoms. The Kier molecular flexibility index (Phi) is 4.00. The molecule has 2 rings (SSSR count). The fraction of sp³-hybridized carbons (Fsp3) is 0.235. The summed E-state index contributed by atoms with van der Waals surface area (Å²) < 4.78 is 0. The van der Waals surface area contributed by atoms with Crippen LogP contribution in [0.5, 0.6) is 0 Å². The molecule has 2 aromatic carbocycles. The average molecular weight is 253 g/mol. The molecule has 0 bridgehead atoms. The number of benzene rings is 2. The number of likely N-dealkylation sites (N-methyl/N-ethyl adjacent to an activating group) is 1. The van der Waals surface area contributed by atoms with Crippen molar-refractivity contribution >= 4 is 16.7 Å². The zero-order valence-electron chi connectivity index (χ0n) is 11.7. The average Bonchev–Trinajstić information content (AvgIpc) is 2.46. The molecule has 0 atom stereocenters. The number of amides is 1. The largest absolute Gasteiger partial charge is 0.338 e. The highest BCUT2D eigenvalue weighted by molar-refractivity contribution is 5.93. The van der Waals surface area contributed by atoms with Gasteiger partial charge in [0.15, 0.2) is 0 Å². The lowest BCUT2D eigenvalue weighted by molar-refractivity contribution is -0.126. The third-order valence-corrected chi connectivity index (χ3v) is 3.40. The number of carbonyl (C=O) groups is 1. The minimum atomic E-state index is 0.0791. The summed E-state index contributed by atoms with van der Waals surface area (Å²) in [5, 5.41) is 2.42. The maximum Gasteiger partial charge on any atom is 0.249 e. The van der Waals surface area contributed by atoms with E-state index in [1.165, 1.54) is 16.3 Å². The van der Waals surface area contributed by atoms with E-state index in [1.54, 1.807) is 4.90 Å². The number of hydrogen-bond donors (Lipinski definition) is 0. The summed E-state index contributed by atoms with van der Waals surface area (Å²) in [4.78, 5) is 13.8. The van der Waals surface area contributed by atoms with E-state index in [4.69, 9.17) is 0 Å². The van der Waals surface area contributed by atoms with Gasteiger partial charge < -0.3 is 4.90 Å². The van der Waals surface area contributed by atoms with Gasteiger partial charge in [0.2, 0.25) is 5.91 Å². The highest BCUT2D eigenvalue weighted by Crippen LogP contribution is 2.20. The number of carbonyl (C=O) groups excluding carboxylic acids is 1. The Hall–Kier alpha value is -2.09. The number of fused-ring (bicyclic) bond motifs is 1. The van der Waals surface area contributed by atoms with Gasteiger partial charge in [-0.1, -0.05) is 48.5 Å². The molecule has 0 saturated carbocycles. The molecule has 98 valence electrons. The Bertz CT molecular complexity index is 623. The van der Waals surface area contributed by atoms with Crippen LogP contribution in [0.25, 0.3) is 10.8 Å². The van der Waals surface area contributed by atoms with Gasteiger partial charge in [-0.15, -0.1) is 0 Å². The minimum Gasteiger partial charge on any atom is -0.338 e. The second-order valence-electron chi connectivity index (χ2n) is 4.77. The second kappa shape index (κ2) is 5.70. The van der Waals surface area contributed by atoms with Crippen LogP contribution in [0.1, 0.15) is 19.4 Å². The number of hydrogen-bond acceptors (Lipinski definition) is 1. The standard InChI is InChI=1S/C17H19NO/c1-4-13(2)17(19)18(3)12-15-10-7-9-14-8-5-6-11-16(14)15/h4-11H,12H2,1-3H3/b13-4-. The predicted octanol–water partition coefficient (Wildman–Crippen LogP) is 3.76. The Labute approximate surface area is 114 Å². The molecule has 0 radical (unpaired) electrons. The molecule has 0 aliphatic rings. The molecule has 0 unspecified atom stereocenters. The number of allylic oxidation sites excluding steroid dienone is 1. The zero-order valence-corrected chi connectivity index (χ0v) is 11.7. The first kappa shape index (κ1) is 13.3. The van der Waals surface area contributed by atoms with Gasteiger partial charge in [-0.2, -0.15) is 0 Å². The molecule has 0 N–H and O–H groups in total. The lowest BCUT2D eigenvalue weighted by atomic mass is 10.0. The van der Waals surface area contributed by atoms with Gasteiger partial charge in [-0.3, -0.25) is 4.79 Å². The summed E-state index contributed by atoms with van der Waals surface area (Å²) in [5.74, 6) is 0.0791. The number of rotatable bonds is 3. The van der Waals surface area contributed by atoms with Gasteiger partial charge in [-0.05, 0) is 30.2 Å². The van der Waals surface area contributed by atoms with Crippen LogP contribution in [0.2, 0.25) is 0 Å². The van der Waals surface area contributed by atoms with Crippen molar-refractivity contribution in [2.75, 3.05) is 7.05 Å². The van der Waals surface area contributed by atoms with E-state index in [0.717, 1.165) is 5.57 Å². The molecular formula is C17H19NO. The maximum atomic E-state index is 12.1. The Morgan fingerprint density at radius 1 is 1.16 bits per heavy atom. The molecule has 0 aliphatic carbocycles. The van der Waals surface area contributed by atoms with Crippen LogP contribution in [0.3, 0.4) is 0 Å². The molecule has 2 nitrogen and oxygen atoms in total. The highest BCUT2D eigenvalue weighted by Gasteiger charge is 2.11. The maximum absolute atomic E-state index is 12.1. The first-order valence-electron chi connectivity index (χ1n) is 6.48. The van der Waals surface area contributed by atoms with E-state index >= 15 is 0 Å². The minimum absolute atomic E-state index is 0.0791. The predicted molar refractivity (Wildman–Crippen MR) is 79.9 cm³/mol. The van der Waals surface area contributed by atoms with Crippen LogP contribution in [0.15, 0.2) is 54.1 Å². The van der Waals surface area contributed by atoms with Gasteiger partial charge in [-0.25, -0.2) is 0 Å². The van der Waals surface area contributed by atoms with Gasteiger partial charge in [0.25, 0.3) is 0 Å². The van der Waals surface area contributed by atoms with Gasteiger partial charge in [0.1, 0.15) is 0 Å². The molecule has 1 amide bonds. The van der Waals surface area contributed by atoms with Crippen LogP contribution in [0.4, 0.5) is 0 Å². The van der Waals surface area contributed by atoms with E-state index in [-0.39, 0.29) is 5.91 Å². The van der Waals surface area contributed by atoms with Gasteiger partial charge in [0, 0.05) is 19.2 Å². The van der Waals surface area contributed by atoms with Crippen molar-refractivity contribution in [1.82, 2.24) is 4.90 Å². The van der Waals surface area contributed by atoms with Gasteiger partial charge in [0.05, 0.1) is 0 Å². The molecule has 0 heterocycles. The molecular weight excluding hydrogens is 234 g/mol. The third-order valence-electron chi connectivity index (χ3n) is 3.40. The Morgan fingerprint density at radius 3 is 2.58 bits per heavy atom. The quantitative estimate of drug-likeness (QED) is 0.763. The third kappa shape index (κ3) is 2.84. The highest BCUT2D eigenvalue weighted by atomic mass is 16.2. The monoisotopic (exact) mass is 253 g/mol. The van der Waals surface area contributed by atoms with Crippen molar-refractivity contribution in [2.45, 2.75) is 20.4 Å². The fourth-order valence-corrected chi connectivity index (χ4v) is 2.18. The molecule has 2 heteroatoms. The van der Waals surface area contributed by atoms with Crippen molar-refractivity contribution in [1.29, 1.82) is 0 Å². The van der Waals surface area contributed by atoms with Crippen LogP contribution in [-0.2, 0) is 11.3 Å². The number of nitrogens with zero attached hydrogens (tertiary/aromatic N) is 1. The first-order valence-corrected chi connectivity index (χ1v) is 6.48. The van der Waals surface area contributed by atoms with E-state index in [1.807, 2.05) is 45.2 Å². The summed E-state index contributed by atoms with van der Waals surface area (Å²) in [6.07, 6.45) is 1.85. The van der Waals surface area contributed by atoms with Crippen molar-refractivity contribution in [3.05, 3.63) is 59.7 Å². The van der Waals surface area contributed by atoms with E-state index in [9.17, 15) is 4.79 Å². The van der Waals surface area contributed by atoms with Crippen molar-refractivity contribution < 1.29 is 4.79 Å². The summed E-state index contributed by atoms with van der Waals surface area (Å²) in [6, 6.07) is 14.5. The fourth-order valence-electron chi connectivity index (χ4n) is 2.18. The van der Waals surface area contributed by atoms with E-state index < -0.39 is 0 Å². The van der Waals surface area contributed by atoms with Gasteiger partial charge >= 0.3 is 0 Å². The van der Waals surface area contributed by atoms with E-state index in [0.29, 0.717) is 6.54 Å². The zero-order chi connectivity index (χ0) is 13.8. The Morgan fingerprint density at radius 2 is 1.84 bits per heavy atom.